The fraction of sp³-hybridized carbons (Fsp3) is 0. The van der Waals surface area contributed by atoms with E-state index in [2.05, 4.69) is 206 Å². The van der Waals surface area contributed by atoms with E-state index in [9.17, 15) is 0 Å². The Morgan fingerprint density at radius 3 is 1.49 bits per heavy atom. The lowest BCUT2D eigenvalue weighted by Crippen LogP contribution is -1.94. The smallest absolute Gasteiger partial charge is 0.143 e. The van der Waals surface area contributed by atoms with Crippen LogP contribution >= 0.6 is 0 Å². The quantitative estimate of drug-likeness (QED) is 0.130. The Hall–Kier alpha value is -7.48. The fourth-order valence-electron chi connectivity index (χ4n) is 9.57. The SMILES string of the molecule is c1ccc(-c2cc3ccccc3c3ccccc23)c(-c2c3ccccc3c(-c3cc(-c4cccc5ccccc45)c4oc5ccccc5c4c3)c3ccccc23)c1. The topological polar surface area (TPSA) is 13.1 Å². The lowest BCUT2D eigenvalue weighted by atomic mass is 9.82. The van der Waals surface area contributed by atoms with E-state index >= 15 is 0 Å². The van der Waals surface area contributed by atoms with Crippen molar-refractivity contribution >= 4 is 75.8 Å². The summed E-state index contributed by atoms with van der Waals surface area (Å²) in [6, 6.07) is 75.4. The molecule has 0 spiro atoms. The molecule has 1 aromatic heterocycles. The molecule has 1 heterocycles. The molecule has 264 valence electrons. The second-order valence-electron chi connectivity index (χ2n) is 15.1. The third kappa shape index (κ3) is 4.83. The Balaban J connectivity index is 1.19. The zero-order chi connectivity index (χ0) is 37.5. The van der Waals surface area contributed by atoms with E-state index in [1.54, 1.807) is 0 Å². The van der Waals surface area contributed by atoms with Crippen LogP contribution < -0.4 is 0 Å². The Morgan fingerprint density at radius 1 is 0.246 bits per heavy atom. The molecule has 0 aliphatic carbocycles. The summed E-state index contributed by atoms with van der Waals surface area (Å²) in [5, 5.41) is 14.6. The highest BCUT2D eigenvalue weighted by molar-refractivity contribution is 6.25. The van der Waals surface area contributed by atoms with Gasteiger partial charge in [0.2, 0.25) is 0 Å². The zero-order valence-corrected chi connectivity index (χ0v) is 31.0. The van der Waals surface area contributed by atoms with Crippen molar-refractivity contribution in [1.29, 1.82) is 0 Å². The van der Waals surface area contributed by atoms with Crippen LogP contribution in [0, 0.1) is 0 Å². The van der Waals surface area contributed by atoms with Crippen LogP contribution in [0.15, 0.2) is 211 Å². The van der Waals surface area contributed by atoms with Crippen molar-refractivity contribution in [2.45, 2.75) is 0 Å². The first kappa shape index (κ1) is 31.8. The minimum atomic E-state index is 0.897. The summed E-state index contributed by atoms with van der Waals surface area (Å²) in [6.07, 6.45) is 0. The molecule has 0 aliphatic heterocycles. The average Bonchev–Trinajstić information content (AvgIpc) is 3.66. The lowest BCUT2D eigenvalue weighted by Gasteiger charge is -2.21. The molecule has 12 rings (SSSR count). The number of rotatable bonds is 4. The third-order valence-corrected chi connectivity index (χ3v) is 12.0. The summed E-state index contributed by atoms with van der Waals surface area (Å²) in [5.41, 5.74) is 11.4. The van der Waals surface area contributed by atoms with E-state index in [0.717, 1.165) is 27.5 Å². The van der Waals surface area contributed by atoms with Crippen LogP contribution in [0.3, 0.4) is 0 Å². The van der Waals surface area contributed by atoms with Crippen LogP contribution in [0.1, 0.15) is 0 Å². The van der Waals surface area contributed by atoms with Crippen molar-refractivity contribution in [3.05, 3.63) is 206 Å². The molecule has 0 saturated heterocycles. The van der Waals surface area contributed by atoms with Gasteiger partial charge in [0.15, 0.2) is 0 Å². The summed E-state index contributed by atoms with van der Waals surface area (Å²) < 4.78 is 6.74. The van der Waals surface area contributed by atoms with E-state index < -0.39 is 0 Å². The Morgan fingerprint density at radius 2 is 0.754 bits per heavy atom. The molecule has 57 heavy (non-hydrogen) atoms. The summed E-state index contributed by atoms with van der Waals surface area (Å²) >= 11 is 0. The van der Waals surface area contributed by atoms with Crippen molar-refractivity contribution in [3.63, 3.8) is 0 Å². The predicted molar refractivity (Wildman–Crippen MR) is 243 cm³/mol. The highest BCUT2D eigenvalue weighted by Crippen LogP contribution is 2.49. The summed E-state index contributed by atoms with van der Waals surface area (Å²) in [4.78, 5) is 0. The van der Waals surface area contributed by atoms with E-state index in [4.69, 9.17) is 4.42 Å². The first-order valence-corrected chi connectivity index (χ1v) is 19.7. The van der Waals surface area contributed by atoms with Crippen LogP contribution in [0.2, 0.25) is 0 Å². The van der Waals surface area contributed by atoms with E-state index in [-0.39, 0.29) is 0 Å². The van der Waals surface area contributed by atoms with Crippen molar-refractivity contribution in [2.24, 2.45) is 0 Å². The Bertz CT molecular complexity index is 3520. The number of fused-ring (bicyclic) bond motifs is 9. The lowest BCUT2D eigenvalue weighted by molar-refractivity contribution is 0.670. The Kier molecular flexibility index (Phi) is 7.00. The third-order valence-electron chi connectivity index (χ3n) is 12.0. The van der Waals surface area contributed by atoms with Gasteiger partial charge in [-0.3, -0.25) is 0 Å². The van der Waals surface area contributed by atoms with E-state index in [1.165, 1.54) is 92.8 Å². The maximum Gasteiger partial charge on any atom is 0.143 e. The number of hydrogen-bond donors (Lipinski definition) is 0. The molecule has 1 heteroatoms. The van der Waals surface area contributed by atoms with Crippen LogP contribution in [0.25, 0.3) is 120 Å². The van der Waals surface area contributed by atoms with Crippen molar-refractivity contribution in [3.8, 4) is 44.5 Å². The molecule has 1 nitrogen and oxygen atoms in total. The van der Waals surface area contributed by atoms with Gasteiger partial charge < -0.3 is 4.42 Å². The standard InChI is InChI=1S/C56H34O/c1-3-19-38-35(16-1)18-15-30-41(38)51-33-37(34-52-44-24-13-14-31-53(44)57-56(51)52)54-46-26-9-11-28-48(46)55(49-29-12-10-27-47(49)54)45-25-8-7-23-43(45)50-32-36-17-2-4-20-39(36)40-21-5-6-22-42(40)50/h1-34H. The average molecular weight is 723 g/mol. The minimum absolute atomic E-state index is 0.897. The van der Waals surface area contributed by atoms with Crippen LogP contribution in [-0.4, -0.2) is 0 Å². The molecule has 0 atom stereocenters. The monoisotopic (exact) mass is 722 g/mol. The fourth-order valence-corrected chi connectivity index (χ4v) is 9.57. The molecule has 0 bridgehead atoms. The van der Waals surface area contributed by atoms with Crippen LogP contribution in [-0.2, 0) is 0 Å². The van der Waals surface area contributed by atoms with Crippen LogP contribution in [0.4, 0.5) is 0 Å². The van der Waals surface area contributed by atoms with Gasteiger partial charge in [0, 0.05) is 16.3 Å². The number of hydrogen-bond acceptors (Lipinski definition) is 1. The van der Waals surface area contributed by atoms with Gasteiger partial charge in [-0.1, -0.05) is 182 Å². The first-order chi connectivity index (χ1) is 28.3. The van der Waals surface area contributed by atoms with Crippen molar-refractivity contribution in [1.82, 2.24) is 0 Å². The molecule has 0 N–H and O–H groups in total. The van der Waals surface area contributed by atoms with E-state index in [1.807, 2.05) is 0 Å². The van der Waals surface area contributed by atoms with Gasteiger partial charge in [-0.25, -0.2) is 0 Å². The molecule has 11 aromatic carbocycles. The summed E-state index contributed by atoms with van der Waals surface area (Å²) in [7, 11) is 0. The number of furan rings is 1. The van der Waals surface area contributed by atoms with Gasteiger partial charge in [0.05, 0.1) is 0 Å². The second-order valence-corrected chi connectivity index (χ2v) is 15.1. The van der Waals surface area contributed by atoms with Gasteiger partial charge in [-0.05, 0) is 117 Å². The molecule has 0 amide bonds. The highest BCUT2D eigenvalue weighted by Gasteiger charge is 2.22. The largest absolute Gasteiger partial charge is 0.455 e. The zero-order valence-electron chi connectivity index (χ0n) is 31.0. The maximum atomic E-state index is 6.74. The maximum absolute atomic E-state index is 6.74. The highest BCUT2D eigenvalue weighted by atomic mass is 16.3. The van der Waals surface area contributed by atoms with Gasteiger partial charge in [-0.15, -0.1) is 0 Å². The normalized spacial score (nSPS) is 11.9. The van der Waals surface area contributed by atoms with E-state index in [0.29, 0.717) is 0 Å². The molecule has 0 radical (unpaired) electrons. The number of para-hydroxylation sites is 1. The second kappa shape index (κ2) is 12.5. The van der Waals surface area contributed by atoms with Gasteiger partial charge in [0.1, 0.15) is 11.2 Å². The van der Waals surface area contributed by atoms with Gasteiger partial charge in [-0.2, -0.15) is 0 Å². The molecule has 12 aromatic rings. The molecular weight excluding hydrogens is 689 g/mol. The van der Waals surface area contributed by atoms with Crippen molar-refractivity contribution in [2.75, 3.05) is 0 Å². The minimum Gasteiger partial charge on any atom is -0.455 e. The summed E-state index contributed by atoms with van der Waals surface area (Å²) in [5.74, 6) is 0. The predicted octanol–water partition coefficient (Wildman–Crippen LogP) is 16.0. The molecule has 0 fully saturated rings. The Labute approximate surface area is 329 Å². The first-order valence-electron chi connectivity index (χ1n) is 19.7. The molecule has 0 unspecified atom stereocenters. The molecule has 0 aliphatic rings. The van der Waals surface area contributed by atoms with Gasteiger partial charge >= 0.3 is 0 Å². The molecular formula is C56H34O. The van der Waals surface area contributed by atoms with Crippen molar-refractivity contribution < 1.29 is 4.42 Å². The summed E-state index contributed by atoms with van der Waals surface area (Å²) in [6.45, 7) is 0. The number of benzene rings is 11. The molecule has 0 saturated carbocycles. The van der Waals surface area contributed by atoms with Crippen LogP contribution in [0.5, 0.6) is 0 Å². The van der Waals surface area contributed by atoms with Gasteiger partial charge in [0.25, 0.3) is 0 Å².